The van der Waals surface area contributed by atoms with E-state index in [0.29, 0.717) is 0 Å². The number of aliphatic hydroxyl groups excluding tert-OH is 3. The van der Waals surface area contributed by atoms with Gasteiger partial charge in [-0.25, -0.2) is 0 Å². The Labute approximate surface area is 81.5 Å². The van der Waals surface area contributed by atoms with Gasteiger partial charge in [0.2, 0.25) is 5.91 Å². The molecule has 0 aliphatic heterocycles. The summed E-state index contributed by atoms with van der Waals surface area (Å²) in [5, 5.41) is 29.7. The third kappa shape index (κ3) is 3.82. The third-order valence-corrected chi connectivity index (χ3v) is 1.74. The lowest BCUT2D eigenvalue weighted by Gasteiger charge is -2.26. The Bertz CT molecular complexity index is 206. The van der Waals surface area contributed by atoms with Gasteiger partial charge in [0.05, 0.1) is 12.1 Å². The molecule has 0 heterocycles. The number of carbonyl (C=O) groups excluding carboxylic acids is 2. The van der Waals surface area contributed by atoms with Crippen LogP contribution in [0.1, 0.15) is 13.8 Å². The lowest BCUT2D eigenvalue weighted by atomic mass is 10.0. The maximum Gasteiger partial charge on any atom is 0.217 e. The molecule has 4 N–H and O–H groups in total. The maximum absolute atomic E-state index is 10.7. The molecule has 0 unspecified atom stereocenters. The molecule has 0 saturated carbocycles. The van der Waals surface area contributed by atoms with Crippen LogP contribution in [0.15, 0.2) is 0 Å². The Balaban J connectivity index is 4.53. The van der Waals surface area contributed by atoms with E-state index in [1.807, 2.05) is 0 Å². The van der Waals surface area contributed by atoms with Gasteiger partial charge in [0, 0.05) is 6.92 Å². The molecule has 0 aromatic heterocycles. The van der Waals surface area contributed by atoms with Crippen LogP contribution in [0.4, 0.5) is 0 Å². The Kier molecular flexibility index (Phi) is 5.29. The van der Waals surface area contributed by atoms with E-state index in [1.165, 1.54) is 13.8 Å². The first-order valence-electron chi connectivity index (χ1n) is 4.16. The van der Waals surface area contributed by atoms with Crippen molar-refractivity contribution in [3.63, 3.8) is 0 Å². The number of hydrogen-bond donors (Lipinski definition) is 4. The fourth-order valence-electron chi connectivity index (χ4n) is 0.992. The van der Waals surface area contributed by atoms with Crippen LogP contribution in [-0.2, 0) is 9.59 Å². The van der Waals surface area contributed by atoms with Crippen molar-refractivity contribution in [3.05, 3.63) is 0 Å². The zero-order valence-corrected chi connectivity index (χ0v) is 8.04. The van der Waals surface area contributed by atoms with Crippen molar-refractivity contribution >= 4 is 12.2 Å². The van der Waals surface area contributed by atoms with Gasteiger partial charge in [-0.3, -0.25) is 4.79 Å². The van der Waals surface area contributed by atoms with Gasteiger partial charge in [-0.2, -0.15) is 0 Å². The molecule has 0 rings (SSSR count). The van der Waals surface area contributed by atoms with E-state index in [9.17, 15) is 14.7 Å². The molecular formula is C8H15NO5. The molecule has 1 amide bonds. The van der Waals surface area contributed by atoms with Crippen molar-refractivity contribution in [2.45, 2.75) is 38.2 Å². The Morgan fingerprint density at radius 1 is 1.36 bits per heavy atom. The SMILES string of the molecule is CC(=O)N[C@@H]([C@@H](O)[C@@H](C)O)[C@@H](O)C=O. The van der Waals surface area contributed by atoms with Crippen molar-refractivity contribution in [1.82, 2.24) is 5.32 Å². The first-order chi connectivity index (χ1) is 6.40. The second-order valence-electron chi connectivity index (χ2n) is 3.08. The van der Waals surface area contributed by atoms with Crippen LogP contribution in [0, 0.1) is 0 Å². The maximum atomic E-state index is 10.7. The first-order valence-corrected chi connectivity index (χ1v) is 4.16. The highest BCUT2D eigenvalue weighted by Gasteiger charge is 2.30. The summed E-state index contributed by atoms with van der Waals surface area (Å²) in [4.78, 5) is 20.9. The fraction of sp³-hybridized carbons (Fsp3) is 0.750. The van der Waals surface area contributed by atoms with Gasteiger partial charge in [0.1, 0.15) is 12.2 Å². The molecule has 0 bridgehead atoms. The lowest BCUT2D eigenvalue weighted by molar-refractivity contribution is -0.126. The molecule has 0 aliphatic rings. The van der Waals surface area contributed by atoms with Crippen molar-refractivity contribution in [1.29, 1.82) is 0 Å². The number of carbonyl (C=O) groups is 2. The summed E-state index contributed by atoms with van der Waals surface area (Å²) in [5.41, 5.74) is 0. The quantitative estimate of drug-likeness (QED) is 0.381. The average molecular weight is 205 g/mol. The number of nitrogens with one attached hydrogen (secondary N) is 1. The molecule has 0 saturated heterocycles. The monoisotopic (exact) mass is 205 g/mol. The highest BCUT2D eigenvalue weighted by molar-refractivity contribution is 5.74. The molecular weight excluding hydrogens is 190 g/mol. The molecule has 82 valence electrons. The van der Waals surface area contributed by atoms with Crippen LogP contribution in [-0.4, -0.2) is 51.9 Å². The van der Waals surface area contributed by atoms with Gasteiger partial charge in [-0.15, -0.1) is 0 Å². The second kappa shape index (κ2) is 5.69. The molecule has 0 radical (unpaired) electrons. The number of amides is 1. The van der Waals surface area contributed by atoms with Crippen molar-refractivity contribution in [3.8, 4) is 0 Å². The zero-order chi connectivity index (χ0) is 11.3. The van der Waals surface area contributed by atoms with E-state index in [1.54, 1.807) is 0 Å². The van der Waals surface area contributed by atoms with E-state index >= 15 is 0 Å². The van der Waals surface area contributed by atoms with Gasteiger partial charge in [0.25, 0.3) is 0 Å². The fourth-order valence-corrected chi connectivity index (χ4v) is 0.992. The lowest BCUT2D eigenvalue weighted by Crippen LogP contribution is -2.54. The minimum Gasteiger partial charge on any atom is -0.391 e. The first kappa shape index (κ1) is 13.0. The molecule has 0 aromatic carbocycles. The molecule has 0 aliphatic carbocycles. The summed E-state index contributed by atoms with van der Waals surface area (Å²) >= 11 is 0. The van der Waals surface area contributed by atoms with E-state index < -0.39 is 30.3 Å². The third-order valence-electron chi connectivity index (χ3n) is 1.74. The van der Waals surface area contributed by atoms with Crippen molar-refractivity contribution in [2.24, 2.45) is 0 Å². The normalized spacial score (nSPS) is 19.2. The molecule has 6 heteroatoms. The highest BCUT2D eigenvalue weighted by Crippen LogP contribution is 2.03. The molecule has 0 fully saturated rings. The minimum absolute atomic E-state index is 0.187. The van der Waals surface area contributed by atoms with E-state index in [2.05, 4.69) is 5.32 Å². The minimum atomic E-state index is -1.54. The Hall–Kier alpha value is -0.980. The summed E-state index contributed by atoms with van der Waals surface area (Å²) < 4.78 is 0. The predicted molar refractivity (Wildman–Crippen MR) is 47.4 cm³/mol. The van der Waals surface area contributed by atoms with Gasteiger partial charge >= 0.3 is 0 Å². The van der Waals surface area contributed by atoms with Crippen molar-refractivity contribution in [2.75, 3.05) is 0 Å². The molecule has 0 aromatic rings. The van der Waals surface area contributed by atoms with Crippen LogP contribution in [0.3, 0.4) is 0 Å². The molecule has 6 nitrogen and oxygen atoms in total. The topological polar surface area (TPSA) is 107 Å². The smallest absolute Gasteiger partial charge is 0.217 e. The van der Waals surface area contributed by atoms with Crippen LogP contribution in [0.5, 0.6) is 0 Å². The Morgan fingerprint density at radius 3 is 2.14 bits per heavy atom. The number of aldehydes is 1. The number of aliphatic hydroxyl groups is 3. The standard InChI is InChI=1S/C8H15NO5/c1-4(11)8(14)7(6(13)3-10)9-5(2)12/h3-4,6-8,11,13-14H,1-2H3,(H,9,12)/t4-,6+,7-,8+/m1/s1. The summed E-state index contributed by atoms with van der Waals surface area (Å²) in [5.74, 6) is -0.504. The number of rotatable bonds is 5. The number of hydrogen-bond acceptors (Lipinski definition) is 5. The molecule has 0 spiro atoms. The van der Waals surface area contributed by atoms with E-state index in [0.717, 1.165) is 0 Å². The van der Waals surface area contributed by atoms with E-state index in [4.69, 9.17) is 10.2 Å². The largest absolute Gasteiger partial charge is 0.391 e. The van der Waals surface area contributed by atoms with Crippen LogP contribution in [0.2, 0.25) is 0 Å². The summed E-state index contributed by atoms with van der Waals surface area (Å²) in [7, 11) is 0. The van der Waals surface area contributed by atoms with Crippen LogP contribution in [0.25, 0.3) is 0 Å². The predicted octanol–water partition coefficient (Wildman–Crippen LogP) is -2.21. The van der Waals surface area contributed by atoms with Gasteiger partial charge < -0.3 is 25.4 Å². The zero-order valence-electron chi connectivity index (χ0n) is 8.04. The summed E-state index contributed by atoms with van der Waals surface area (Å²) in [6, 6.07) is -1.19. The van der Waals surface area contributed by atoms with Gasteiger partial charge in [0.15, 0.2) is 6.29 Å². The average Bonchev–Trinajstić information content (AvgIpc) is 2.11. The van der Waals surface area contributed by atoms with Gasteiger partial charge in [-0.05, 0) is 6.92 Å². The second-order valence-corrected chi connectivity index (χ2v) is 3.08. The van der Waals surface area contributed by atoms with E-state index in [-0.39, 0.29) is 6.29 Å². The van der Waals surface area contributed by atoms with Crippen LogP contribution < -0.4 is 5.32 Å². The summed E-state index contributed by atoms with van der Waals surface area (Å²) in [6.07, 6.45) is -3.89. The van der Waals surface area contributed by atoms with Gasteiger partial charge in [-0.1, -0.05) is 0 Å². The Morgan fingerprint density at radius 2 is 1.86 bits per heavy atom. The molecule has 14 heavy (non-hydrogen) atoms. The van der Waals surface area contributed by atoms with Crippen molar-refractivity contribution < 1.29 is 24.9 Å². The van der Waals surface area contributed by atoms with Crippen LogP contribution >= 0.6 is 0 Å². The summed E-state index contributed by atoms with van der Waals surface area (Å²) in [6.45, 7) is 2.47. The molecule has 4 atom stereocenters. The highest BCUT2D eigenvalue weighted by atomic mass is 16.3.